The summed E-state index contributed by atoms with van der Waals surface area (Å²) in [7, 11) is 0. The maximum atomic E-state index is 13.3. The molecule has 2 aliphatic heterocycles. The summed E-state index contributed by atoms with van der Waals surface area (Å²) < 4.78 is 5.95. The van der Waals surface area contributed by atoms with Crippen LogP contribution in [0.3, 0.4) is 0 Å². The number of primary amides is 1. The fraction of sp³-hybridized carbons (Fsp3) is 0.360. The first kappa shape index (κ1) is 21.3. The van der Waals surface area contributed by atoms with Crippen molar-refractivity contribution >= 4 is 28.5 Å². The molecule has 5 rings (SSSR count). The zero-order valence-corrected chi connectivity index (χ0v) is 18.4. The molecule has 2 aromatic heterocycles. The van der Waals surface area contributed by atoms with Crippen molar-refractivity contribution in [3.05, 3.63) is 65.5 Å². The molecule has 3 aromatic rings. The number of morpholine rings is 1. The van der Waals surface area contributed by atoms with E-state index < -0.39 is 12.0 Å². The fourth-order valence-electron chi connectivity index (χ4n) is 4.61. The molecule has 2 N–H and O–H groups in total. The number of hydrogen-bond donors (Lipinski definition) is 1. The van der Waals surface area contributed by atoms with Gasteiger partial charge in [-0.25, -0.2) is 9.97 Å². The predicted octanol–water partition coefficient (Wildman–Crippen LogP) is 2.93. The molecule has 0 unspecified atom stereocenters. The van der Waals surface area contributed by atoms with Gasteiger partial charge in [-0.1, -0.05) is 18.2 Å². The topological polar surface area (TPSA) is 102 Å². The normalized spacial score (nSPS) is 19.0. The molecule has 0 spiro atoms. The van der Waals surface area contributed by atoms with Gasteiger partial charge in [0.2, 0.25) is 5.91 Å². The molecule has 0 aliphatic carbocycles. The van der Waals surface area contributed by atoms with Gasteiger partial charge in [0.1, 0.15) is 11.9 Å². The first-order valence-corrected chi connectivity index (χ1v) is 11.4. The molecule has 8 heteroatoms. The van der Waals surface area contributed by atoms with Crippen LogP contribution in [0.15, 0.2) is 48.7 Å². The third kappa shape index (κ3) is 4.39. The van der Waals surface area contributed by atoms with Crippen molar-refractivity contribution in [1.29, 1.82) is 0 Å². The Hall–Kier alpha value is -3.52. The number of benzene rings is 1. The van der Waals surface area contributed by atoms with Gasteiger partial charge in [-0.15, -0.1) is 0 Å². The van der Waals surface area contributed by atoms with Crippen LogP contribution in [0.1, 0.15) is 51.8 Å². The number of nitrogens with zero attached hydrogens (tertiary/aromatic N) is 4. The summed E-state index contributed by atoms with van der Waals surface area (Å²) in [6.07, 6.45) is 4.81. The lowest BCUT2D eigenvalue weighted by Gasteiger charge is -2.33. The Labute approximate surface area is 192 Å². The standard InChI is InChI=1S/C25H27N5O3/c26-24(31)19-15-21(28-20-7-3-2-6-18(19)20)22-16-30(12-13-33-22)25(32)17-8-9-27-23(14-17)29-10-4-1-5-11-29/h2-3,6-9,14-15,22H,1,4-5,10-13,16H2,(H2,26,31)/t22-/m0/s1. The maximum absolute atomic E-state index is 13.3. The van der Waals surface area contributed by atoms with Crippen LogP contribution in [-0.2, 0) is 4.74 Å². The van der Waals surface area contributed by atoms with E-state index in [9.17, 15) is 9.59 Å². The Kier molecular flexibility index (Phi) is 5.92. The minimum absolute atomic E-state index is 0.0557. The Balaban J connectivity index is 1.38. The van der Waals surface area contributed by atoms with Gasteiger partial charge in [-0.3, -0.25) is 9.59 Å². The summed E-state index contributed by atoms with van der Waals surface area (Å²) in [4.78, 5) is 38.6. The summed E-state index contributed by atoms with van der Waals surface area (Å²) in [6.45, 7) is 3.18. The fourth-order valence-corrected chi connectivity index (χ4v) is 4.61. The molecule has 0 radical (unpaired) electrons. The molecule has 2 fully saturated rings. The van der Waals surface area contributed by atoms with Gasteiger partial charge in [0.15, 0.2) is 0 Å². The van der Waals surface area contributed by atoms with Crippen LogP contribution >= 0.6 is 0 Å². The van der Waals surface area contributed by atoms with E-state index in [1.165, 1.54) is 6.42 Å². The minimum Gasteiger partial charge on any atom is -0.368 e. The van der Waals surface area contributed by atoms with Crippen LogP contribution < -0.4 is 10.6 Å². The van der Waals surface area contributed by atoms with Crippen molar-refractivity contribution < 1.29 is 14.3 Å². The predicted molar refractivity (Wildman–Crippen MR) is 125 cm³/mol. The number of para-hydroxylation sites is 1. The summed E-state index contributed by atoms with van der Waals surface area (Å²) in [6, 6.07) is 12.7. The van der Waals surface area contributed by atoms with Crippen LogP contribution in [0.2, 0.25) is 0 Å². The van der Waals surface area contributed by atoms with Gasteiger partial charge in [0.05, 0.1) is 29.9 Å². The molecular formula is C25H27N5O3. The van der Waals surface area contributed by atoms with E-state index in [4.69, 9.17) is 15.5 Å². The summed E-state index contributed by atoms with van der Waals surface area (Å²) >= 11 is 0. The molecule has 2 amide bonds. The third-order valence-electron chi connectivity index (χ3n) is 6.36. The molecule has 170 valence electrons. The highest BCUT2D eigenvalue weighted by atomic mass is 16.5. The highest BCUT2D eigenvalue weighted by Gasteiger charge is 2.28. The number of carbonyl (C=O) groups is 2. The average Bonchev–Trinajstić information content (AvgIpc) is 2.88. The van der Waals surface area contributed by atoms with E-state index in [0.717, 1.165) is 31.7 Å². The zero-order chi connectivity index (χ0) is 22.8. The second-order valence-electron chi connectivity index (χ2n) is 8.54. The second-order valence-corrected chi connectivity index (χ2v) is 8.54. The van der Waals surface area contributed by atoms with Crippen molar-refractivity contribution in [3.63, 3.8) is 0 Å². The SMILES string of the molecule is NC(=O)c1cc([C@@H]2CN(C(=O)c3ccnc(N4CCCCC4)c3)CCO2)nc2ccccc12. The molecule has 1 aromatic carbocycles. The molecule has 33 heavy (non-hydrogen) atoms. The van der Waals surface area contributed by atoms with Crippen LogP contribution in [0.5, 0.6) is 0 Å². The lowest BCUT2D eigenvalue weighted by atomic mass is 10.0. The van der Waals surface area contributed by atoms with Crippen LogP contribution in [0.4, 0.5) is 5.82 Å². The van der Waals surface area contributed by atoms with E-state index in [2.05, 4.69) is 9.88 Å². The van der Waals surface area contributed by atoms with E-state index in [1.807, 2.05) is 30.3 Å². The van der Waals surface area contributed by atoms with Gasteiger partial charge < -0.3 is 20.3 Å². The number of amides is 2. The number of ether oxygens (including phenoxy) is 1. The number of fused-ring (bicyclic) bond motifs is 1. The first-order valence-electron chi connectivity index (χ1n) is 11.4. The largest absolute Gasteiger partial charge is 0.368 e. The Morgan fingerprint density at radius 1 is 1.03 bits per heavy atom. The molecule has 4 heterocycles. The average molecular weight is 446 g/mol. The Morgan fingerprint density at radius 2 is 1.85 bits per heavy atom. The van der Waals surface area contributed by atoms with Gasteiger partial charge in [-0.2, -0.15) is 0 Å². The van der Waals surface area contributed by atoms with Crippen molar-refractivity contribution in [3.8, 4) is 0 Å². The minimum atomic E-state index is -0.513. The molecule has 2 aliphatic rings. The number of hydrogen-bond acceptors (Lipinski definition) is 6. The molecular weight excluding hydrogens is 418 g/mol. The molecule has 0 saturated carbocycles. The zero-order valence-electron chi connectivity index (χ0n) is 18.4. The Morgan fingerprint density at radius 3 is 2.67 bits per heavy atom. The first-order chi connectivity index (χ1) is 16.1. The lowest BCUT2D eigenvalue weighted by molar-refractivity contribution is -0.0246. The van der Waals surface area contributed by atoms with Gasteiger partial charge >= 0.3 is 0 Å². The summed E-state index contributed by atoms with van der Waals surface area (Å²) in [5.41, 5.74) is 7.93. The smallest absolute Gasteiger partial charge is 0.254 e. The number of rotatable bonds is 4. The molecule has 8 nitrogen and oxygen atoms in total. The van der Waals surface area contributed by atoms with Crippen LogP contribution in [0, 0.1) is 0 Å². The van der Waals surface area contributed by atoms with E-state index >= 15 is 0 Å². The van der Waals surface area contributed by atoms with Gasteiger partial charge in [0, 0.05) is 36.8 Å². The molecule has 1 atom stereocenters. The number of piperidine rings is 1. The maximum Gasteiger partial charge on any atom is 0.254 e. The van der Waals surface area contributed by atoms with Gasteiger partial charge in [-0.05, 0) is 43.5 Å². The van der Waals surface area contributed by atoms with E-state index in [0.29, 0.717) is 47.4 Å². The number of anilines is 1. The van der Waals surface area contributed by atoms with Crippen molar-refractivity contribution in [2.75, 3.05) is 37.7 Å². The number of carbonyl (C=O) groups excluding carboxylic acids is 2. The summed E-state index contributed by atoms with van der Waals surface area (Å²) in [5, 5.41) is 0.708. The quantitative estimate of drug-likeness (QED) is 0.663. The molecule has 2 saturated heterocycles. The van der Waals surface area contributed by atoms with Crippen LogP contribution in [-0.4, -0.2) is 59.5 Å². The highest BCUT2D eigenvalue weighted by molar-refractivity contribution is 6.05. The Bertz CT molecular complexity index is 1190. The number of aromatic nitrogens is 2. The van der Waals surface area contributed by atoms with E-state index in [1.54, 1.807) is 23.2 Å². The number of nitrogens with two attached hydrogens (primary N) is 1. The second kappa shape index (κ2) is 9.15. The van der Waals surface area contributed by atoms with E-state index in [-0.39, 0.29) is 5.91 Å². The van der Waals surface area contributed by atoms with Crippen molar-refractivity contribution in [2.24, 2.45) is 5.73 Å². The summed E-state index contributed by atoms with van der Waals surface area (Å²) in [5.74, 6) is 0.285. The van der Waals surface area contributed by atoms with Gasteiger partial charge in [0.25, 0.3) is 5.91 Å². The molecule has 0 bridgehead atoms. The highest BCUT2D eigenvalue weighted by Crippen LogP contribution is 2.27. The van der Waals surface area contributed by atoms with Crippen LogP contribution in [0.25, 0.3) is 10.9 Å². The lowest BCUT2D eigenvalue weighted by Crippen LogP contribution is -2.42. The third-order valence-corrected chi connectivity index (χ3v) is 6.36. The van der Waals surface area contributed by atoms with Crippen molar-refractivity contribution in [1.82, 2.24) is 14.9 Å². The number of pyridine rings is 2. The monoisotopic (exact) mass is 445 g/mol. The van der Waals surface area contributed by atoms with Crippen molar-refractivity contribution in [2.45, 2.75) is 25.4 Å².